The van der Waals surface area contributed by atoms with Gasteiger partial charge in [-0.05, 0) is 56.5 Å². The van der Waals surface area contributed by atoms with Crippen LogP contribution in [0.1, 0.15) is 45.3 Å². The fourth-order valence-corrected chi connectivity index (χ4v) is 2.39. The number of carbonyl (C=O) groups is 1. The number of aromatic nitrogens is 3. The molecule has 20 heavy (non-hydrogen) atoms. The number of amides is 1. The van der Waals surface area contributed by atoms with E-state index in [-0.39, 0.29) is 12.1 Å². The Bertz CT molecular complexity index is 468. The maximum Gasteiger partial charge on any atom is 0.410 e. The lowest BCUT2D eigenvalue weighted by Crippen LogP contribution is -2.42. The largest absolute Gasteiger partial charge is 0.444 e. The highest BCUT2D eigenvalue weighted by Gasteiger charge is 2.28. The minimum atomic E-state index is -0.445. The Kier molecular flexibility index (Phi) is 4.36. The Morgan fingerprint density at radius 2 is 1.90 bits per heavy atom. The number of hydrogen-bond donors (Lipinski definition) is 0. The molecule has 1 fully saturated rings. The van der Waals surface area contributed by atoms with E-state index in [9.17, 15) is 4.79 Å². The van der Waals surface area contributed by atoms with Crippen LogP contribution in [0, 0.1) is 6.92 Å². The van der Waals surface area contributed by atoms with Crippen LogP contribution in [0.4, 0.5) is 4.79 Å². The topological polar surface area (TPSA) is 60.2 Å². The first kappa shape index (κ1) is 15.3. The third-order valence-corrected chi connectivity index (χ3v) is 3.92. The van der Waals surface area contributed by atoms with Crippen molar-refractivity contribution < 1.29 is 9.53 Å². The molecule has 1 saturated heterocycles. The van der Waals surface area contributed by atoms with Crippen molar-refractivity contribution in [2.75, 3.05) is 13.1 Å². The van der Waals surface area contributed by atoms with Gasteiger partial charge < -0.3 is 9.64 Å². The van der Waals surface area contributed by atoms with E-state index in [4.69, 9.17) is 4.74 Å². The number of carbonyl (C=O) groups excluding carboxylic acids is 1. The molecule has 1 aromatic rings. The van der Waals surface area contributed by atoms with Crippen LogP contribution in [0.15, 0.2) is 4.60 Å². The van der Waals surface area contributed by atoms with Gasteiger partial charge >= 0.3 is 6.09 Å². The molecule has 0 N–H and O–H groups in total. The fraction of sp³-hybridized carbons (Fsp3) is 0.769. The van der Waals surface area contributed by atoms with Gasteiger partial charge in [0, 0.05) is 13.1 Å². The summed E-state index contributed by atoms with van der Waals surface area (Å²) in [7, 11) is 0. The summed E-state index contributed by atoms with van der Waals surface area (Å²) in [5.41, 5.74) is 0.443. The van der Waals surface area contributed by atoms with Crippen molar-refractivity contribution in [3.63, 3.8) is 0 Å². The zero-order chi connectivity index (χ0) is 14.9. The van der Waals surface area contributed by atoms with E-state index in [0.29, 0.717) is 13.1 Å². The molecular formula is C13H21BrN4O2. The van der Waals surface area contributed by atoms with Crippen molar-refractivity contribution in [2.24, 2.45) is 0 Å². The van der Waals surface area contributed by atoms with Gasteiger partial charge in [-0.3, -0.25) is 0 Å². The van der Waals surface area contributed by atoms with Gasteiger partial charge in [0.1, 0.15) is 5.60 Å². The molecule has 0 saturated carbocycles. The summed E-state index contributed by atoms with van der Waals surface area (Å²) < 4.78 is 6.17. The van der Waals surface area contributed by atoms with Crippen LogP contribution in [0.2, 0.25) is 0 Å². The minimum Gasteiger partial charge on any atom is -0.444 e. The Morgan fingerprint density at radius 1 is 1.30 bits per heavy atom. The lowest BCUT2D eigenvalue weighted by atomic mass is 10.1. The highest BCUT2D eigenvalue weighted by atomic mass is 79.9. The monoisotopic (exact) mass is 344 g/mol. The van der Waals surface area contributed by atoms with Gasteiger partial charge in [0.05, 0.1) is 11.7 Å². The average molecular weight is 345 g/mol. The number of piperidine rings is 1. The Balaban J connectivity index is 1.91. The molecule has 0 aliphatic carbocycles. The predicted molar refractivity (Wildman–Crippen MR) is 78.5 cm³/mol. The van der Waals surface area contributed by atoms with Gasteiger partial charge in [-0.15, -0.1) is 5.10 Å². The number of ether oxygens (including phenoxy) is 1. The quantitative estimate of drug-likeness (QED) is 0.785. The molecule has 1 aliphatic heterocycles. The van der Waals surface area contributed by atoms with E-state index in [0.717, 1.165) is 23.1 Å². The lowest BCUT2D eigenvalue weighted by Gasteiger charge is -2.32. The fourth-order valence-electron chi connectivity index (χ4n) is 2.15. The molecule has 0 bridgehead atoms. The van der Waals surface area contributed by atoms with Crippen molar-refractivity contribution in [3.8, 4) is 0 Å². The molecule has 2 heterocycles. The first-order valence-corrected chi connectivity index (χ1v) is 7.62. The Hall–Kier alpha value is -1.11. The predicted octanol–water partition coefficient (Wildman–Crippen LogP) is 2.92. The standard InChI is InChI=1S/C13H21BrN4O2/c1-9-11(14)16-18(15-9)10-5-7-17(8-6-10)12(19)20-13(2,3)4/h10H,5-8H2,1-4H3. The zero-order valence-electron chi connectivity index (χ0n) is 12.4. The number of likely N-dealkylation sites (tertiary alicyclic amines) is 1. The van der Waals surface area contributed by atoms with Crippen LogP contribution < -0.4 is 0 Å². The van der Waals surface area contributed by atoms with Crippen LogP contribution in [0.25, 0.3) is 0 Å². The van der Waals surface area contributed by atoms with Crippen LogP contribution in [0.3, 0.4) is 0 Å². The second-order valence-corrected chi connectivity index (χ2v) is 6.85. The molecule has 0 atom stereocenters. The van der Waals surface area contributed by atoms with Crippen molar-refractivity contribution in [1.29, 1.82) is 0 Å². The maximum absolute atomic E-state index is 12.0. The smallest absolute Gasteiger partial charge is 0.410 e. The van der Waals surface area contributed by atoms with Crippen molar-refractivity contribution >= 4 is 22.0 Å². The summed E-state index contributed by atoms with van der Waals surface area (Å²) >= 11 is 3.37. The van der Waals surface area contributed by atoms with Crippen LogP contribution >= 0.6 is 15.9 Å². The molecule has 7 heteroatoms. The molecule has 0 radical (unpaired) electrons. The second-order valence-electron chi connectivity index (χ2n) is 6.10. The van der Waals surface area contributed by atoms with E-state index in [1.54, 1.807) is 9.70 Å². The second kappa shape index (κ2) is 5.71. The van der Waals surface area contributed by atoms with E-state index >= 15 is 0 Å². The Morgan fingerprint density at radius 3 is 2.35 bits per heavy atom. The minimum absolute atomic E-state index is 0.235. The maximum atomic E-state index is 12.0. The molecule has 1 aromatic heterocycles. The average Bonchev–Trinajstić information content (AvgIpc) is 2.68. The van der Waals surface area contributed by atoms with Crippen molar-refractivity contribution in [1.82, 2.24) is 19.9 Å². The van der Waals surface area contributed by atoms with Gasteiger partial charge in [-0.1, -0.05) is 0 Å². The Labute approximate surface area is 127 Å². The molecule has 1 aliphatic rings. The van der Waals surface area contributed by atoms with Crippen molar-refractivity contribution in [3.05, 3.63) is 10.3 Å². The summed E-state index contributed by atoms with van der Waals surface area (Å²) in [6.07, 6.45) is 1.46. The third-order valence-electron chi connectivity index (χ3n) is 3.18. The SMILES string of the molecule is Cc1nn(C2CCN(C(=O)OC(C)(C)C)CC2)nc1Br. The van der Waals surface area contributed by atoms with Crippen LogP contribution in [0.5, 0.6) is 0 Å². The van der Waals surface area contributed by atoms with Gasteiger partial charge in [0.15, 0.2) is 4.60 Å². The van der Waals surface area contributed by atoms with Gasteiger partial charge in [-0.25, -0.2) is 4.79 Å². The zero-order valence-corrected chi connectivity index (χ0v) is 14.0. The first-order valence-electron chi connectivity index (χ1n) is 6.83. The number of nitrogens with zero attached hydrogens (tertiary/aromatic N) is 4. The highest BCUT2D eigenvalue weighted by Crippen LogP contribution is 2.24. The van der Waals surface area contributed by atoms with E-state index in [2.05, 4.69) is 26.1 Å². The molecule has 112 valence electrons. The number of rotatable bonds is 1. The third kappa shape index (κ3) is 3.71. The van der Waals surface area contributed by atoms with E-state index in [1.165, 1.54) is 0 Å². The number of halogens is 1. The summed E-state index contributed by atoms with van der Waals surface area (Å²) in [5.74, 6) is 0. The highest BCUT2D eigenvalue weighted by molar-refractivity contribution is 9.10. The molecule has 0 unspecified atom stereocenters. The molecule has 1 amide bonds. The van der Waals surface area contributed by atoms with Crippen molar-refractivity contribution in [2.45, 2.75) is 52.2 Å². The van der Waals surface area contributed by atoms with E-state index < -0.39 is 5.60 Å². The number of aryl methyl sites for hydroxylation is 1. The molecule has 2 rings (SSSR count). The van der Waals surface area contributed by atoms with Gasteiger partial charge in [0.25, 0.3) is 0 Å². The van der Waals surface area contributed by atoms with Crippen LogP contribution in [-0.4, -0.2) is 44.7 Å². The summed E-state index contributed by atoms with van der Waals surface area (Å²) in [6.45, 7) is 8.92. The molecule has 0 spiro atoms. The van der Waals surface area contributed by atoms with Gasteiger partial charge in [-0.2, -0.15) is 9.90 Å². The summed E-state index contributed by atoms with van der Waals surface area (Å²) in [6, 6.07) is 0.249. The summed E-state index contributed by atoms with van der Waals surface area (Å²) in [5, 5.41) is 8.74. The molecule has 6 nitrogen and oxygen atoms in total. The number of hydrogen-bond acceptors (Lipinski definition) is 4. The first-order chi connectivity index (χ1) is 9.26. The molecule has 0 aromatic carbocycles. The normalized spacial score (nSPS) is 17.4. The van der Waals surface area contributed by atoms with Crippen LogP contribution in [-0.2, 0) is 4.74 Å². The van der Waals surface area contributed by atoms with Gasteiger partial charge in [0.2, 0.25) is 0 Å². The summed E-state index contributed by atoms with van der Waals surface area (Å²) in [4.78, 5) is 15.5. The van der Waals surface area contributed by atoms with E-state index in [1.807, 2.05) is 27.7 Å². The molecular weight excluding hydrogens is 324 g/mol. The lowest BCUT2D eigenvalue weighted by molar-refractivity contribution is 0.0180.